The highest BCUT2D eigenvalue weighted by molar-refractivity contribution is 7.15. The molecule has 0 aliphatic carbocycles. The number of carbonyl (C=O) groups is 1. The van der Waals surface area contributed by atoms with Crippen molar-refractivity contribution in [2.24, 2.45) is 0 Å². The fraction of sp³-hybridized carbons (Fsp3) is 0.0526. The van der Waals surface area contributed by atoms with Gasteiger partial charge in [0, 0.05) is 16.5 Å². The SMILES string of the molecule is COc1cccc(-c2csc3nc(-c4ccc(F)cc4)c(C=O)n23)c1. The lowest BCUT2D eigenvalue weighted by Gasteiger charge is -2.05. The summed E-state index contributed by atoms with van der Waals surface area (Å²) >= 11 is 1.45. The van der Waals surface area contributed by atoms with Gasteiger partial charge in [-0.3, -0.25) is 9.20 Å². The zero-order chi connectivity index (χ0) is 17.4. The maximum absolute atomic E-state index is 13.2. The van der Waals surface area contributed by atoms with Gasteiger partial charge in [-0.2, -0.15) is 0 Å². The Morgan fingerprint density at radius 1 is 1.16 bits per heavy atom. The van der Waals surface area contributed by atoms with E-state index in [4.69, 9.17) is 4.74 Å². The third kappa shape index (κ3) is 2.60. The molecule has 0 saturated heterocycles. The van der Waals surface area contributed by atoms with Crippen LogP contribution in [0, 0.1) is 5.82 Å². The van der Waals surface area contributed by atoms with Crippen LogP contribution in [-0.4, -0.2) is 22.8 Å². The van der Waals surface area contributed by atoms with E-state index in [0.717, 1.165) is 23.3 Å². The summed E-state index contributed by atoms with van der Waals surface area (Å²) in [6.45, 7) is 0. The van der Waals surface area contributed by atoms with Crippen LogP contribution in [0.15, 0.2) is 53.9 Å². The summed E-state index contributed by atoms with van der Waals surface area (Å²) < 4.78 is 20.3. The molecule has 0 spiro atoms. The molecule has 0 amide bonds. The highest BCUT2D eigenvalue weighted by atomic mass is 32.1. The van der Waals surface area contributed by atoms with Crippen molar-refractivity contribution in [1.29, 1.82) is 0 Å². The van der Waals surface area contributed by atoms with E-state index in [0.29, 0.717) is 21.9 Å². The molecule has 4 aromatic rings. The van der Waals surface area contributed by atoms with E-state index in [1.54, 1.807) is 19.2 Å². The number of halogens is 1. The highest BCUT2D eigenvalue weighted by Crippen LogP contribution is 2.33. The number of thiazole rings is 1. The van der Waals surface area contributed by atoms with E-state index in [2.05, 4.69) is 4.98 Å². The standard InChI is InChI=1S/C19H13FN2O2S/c1-24-15-4-2-3-13(9-15)17-11-25-19-21-18(16(10-23)22(17)19)12-5-7-14(20)8-6-12/h2-11H,1H3. The second-order valence-corrected chi connectivity index (χ2v) is 6.28. The largest absolute Gasteiger partial charge is 0.497 e. The zero-order valence-electron chi connectivity index (χ0n) is 13.3. The molecule has 0 radical (unpaired) electrons. The van der Waals surface area contributed by atoms with Crippen molar-refractivity contribution >= 4 is 22.6 Å². The molecule has 4 rings (SSSR count). The minimum atomic E-state index is -0.325. The lowest BCUT2D eigenvalue weighted by atomic mass is 10.1. The molecule has 0 unspecified atom stereocenters. The Hall–Kier alpha value is -2.99. The first-order valence-corrected chi connectivity index (χ1v) is 8.44. The third-order valence-corrected chi connectivity index (χ3v) is 4.82. The van der Waals surface area contributed by atoms with Crippen LogP contribution in [0.4, 0.5) is 4.39 Å². The lowest BCUT2D eigenvalue weighted by Crippen LogP contribution is -1.94. The maximum Gasteiger partial charge on any atom is 0.195 e. The summed E-state index contributed by atoms with van der Waals surface area (Å²) in [5, 5.41) is 1.96. The third-order valence-electron chi connectivity index (χ3n) is 3.99. The topological polar surface area (TPSA) is 43.6 Å². The van der Waals surface area contributed by atoms with Gasteiger partial charge in [0.25, 0.3) is 0 Å². The molecule has 0 saturated carbocycles. The van der Waals surface area contributed by atoms with E-state index >= 15 is 0 Å². The van der Waals surface area contributed by atoms with Gasteiger partial charge < -0.3 is 4.74 Å². The Morgan fingerprint density at radius 3 is 2.68 bits per heavy atom. The average Bonchev–Trinajstić information content (AvgIpc) is 3.21. The molecular formula is C19H13FN2O2S. The van der Waals surface area contributed by atoms with E-state index in [9.17, 15) is 9.18 Å². The Morgan fingerprint density at radius 2 is 1.96 bits per heavy atom. The van der Waals surface area contributed by atoms with Crippen LogP contribution in [-0.2, 0) is 0 Å². The van der Waals surface area contributed by atoms with Gasteiger partial charge in [0.1, 0.15) is 23.0 Å². The molecule has 4 nitrogen and oxygen atoms in total. The van der Waals surface area contributed by atoms with Crippen molar-refractivity contribution in [1.82, 2.24) is 9.38 Å². The minimum absolute atomic E-state index is 0.325. The van der Waals surface area contributed by atoms with Gasteiger partial charge in [-0.15, -0.1) is 11.3 Å². The number of rotatable bonds is 4. The Balaban J connectivity index is 1.93. The van der Waals surface area contributed by atoms with Gasteiger partial charge in [0.15, 0.2) is 11.2 Å². The van der Waals surface area contributed by atoms with Gasteiger partial charge in [-0.1, -0.05) is 12.1 Å². The first-order chi connectivity index (χ1) is 12.2. The molecule has 0 aliphatic rings. The summed E-state index contributed by atoms with van der Waals surface area (Å²) in [5.41, 5.74) is 3.49. The summed E-state index contributed by atoms with van der Waals surface area (Å²) in [6.07, 6.45) is 0.787. The van der Waals surface area contributed by atoms with E-state index in [1.807, 2.05) is 34.0 Å². The number of nitrogens with zero attached hydrogens (tertiary/aromatic N) is 2. The fourth-order valence-corrected chi connectivity index (χ4v) is 3.70. The lowest BCUT2D eigenvalue weighted by molar-refractivity contribution is 0.111. The number of carbonyl (C=O) groups excluding carboxylic acids is 1. The predicted molar refractivity (Wildman–Crippen MR) is 95.8 cm³/mol. The van der Waals surface area contributed by atoms with E-state index < -0.39 is 0 Å². The molecule has 124 valence electrons. The van der Waals surface area contributed by atoms with E-state index in [1.165, 1.54) is 23.5 Å². The predicted octanol–water partition coefficient (Wildman–Crippen LogP) is 4.69. The molecule has 0 aliphatic heterocycles. The number of aromatic nitrogens is 2. The minimum Gasteiger partial charge on any atom is -0.497 e. The van der Waals surface area contributed by atoms with Crippen LogP contribution in [0.25, 0.3) is 27.5 Å². The second-order valence-electron chi connectivity index (χ2n) is 5.44. The van der Waals surface area contributed by atoms with Crippen LogP contribution in [0.2, 0.25) is 0 Å². The van der Waals surface area contributed by atoms with Crippen LogP contribution in [0.5, 0.6) is 5.75 Å². The number of ether oxygens (including phenoxy) is 1. The van der Waals surface area contributed by atoms with Gasteiger partial charge >= 0.3 is 0 Å². The molecule has 0 fully saturated rings. The monoisotopic (exact) mass is 352 g/mol. The molecule has 0 atom stereocenters. The van der Waals surface area contributed by atoms with Gasteiger partial charge in [0.2, 0.25) is 0 Å². The first kappa shape index (κ1) is 15.5. The summed E-state index contributed by atoms with van der Waals surface area (Å²) in [7, 11) is 1.61. The number of hydrogen-bond donors (Lipinski definition) is 0. The number of fused-ring (bicyclic) bond motifs is 1. The molecule has 2 aromatic carbocycles. The van der Waals surface area contributed by atoms with E-state index in [-0.39, 0.29) is 5.82 Å². The van der Waals surface area contributed by atoms with Crippen molar-refractivity contribution in [2.75, 3.05) is 7.11 Å². The maximum atomic E-state index is 13.2. The summed E-state index contributed by atoms with van der Waals surface area (Å²) in [6, 6.07) is 13.6. The van der Waals surface area contributed by atoms with Crippen molar-refractivity contribution in [3.63, 3.8) is 0 Å². The van der Waals surface area contributed by atoms with Crippen molar-refractivity contribution < 1.29 is 13.9 Å². The Kier molecular flexibility index (Phi) is 3.82. The molecule has 2 aromatic heterocycles. The van der Waals surface area contributed by atoms with Crippen LogP contribution in [0.3, 0.4) is 0 Å². The number of imidazole rings is 1. The van der Waals surface area contributed by atoms with Crippen LogP contribution < -0.4 is 4.74 Å². The number of benzene rings is 2. The Labute approximate surface area is 147 Å². The van der Waals surface area contributed by atoms with Crippen molar-refractivity contribution in [2.45, 2.75) is 0 Å². The summed E-state index contributed by atoms with van der Waals surface area (Å²) in [4.78, 5) is 17.1. The van der Waals surface area contributed by atoms with Gasteiger partial charge in [-0.25, -0.2) is 9.37 Å². The normalized spacial score (nSPS) is 11.0. The average molecular weight is 352 g/mol. The van der Waals surface area contributed by atoms with Gasteiger partial charge in [-0.05, 0) is 36.4 Å². The molecule has 25 heavy (non-hydrogen) atoms. The molecule has 0 N–H and O–H groups in total. The Bertz CT molecular complexity index is 1070. The second kappa shape index (κ2) is 6.14. The van der Waals surface area contributed by atoms with Gasteiger partial charge in [0.05, 0.1) is 12.8 Å². The molecular weight excluding hydrogens is 339 g/mol. The van der Waals surface area contributed by atoms with Crippen molar-refractivity contribution in [3.8, 4) is 28.3 Å². The molecule has 0 bridgehead atoms. The van der Waals surface area contributed by atoms with Crippen LogP contribution in [0.1, 0.15) is 10.5 Å². The highest BCUT2D eigenvalue weighted by Gasteiger charge is 2.18. The molecule has 2 heterocycles. The number of aldehydes is 1. The number of methoxy groups -OCH3 is 1. The van der Waals surface area contributed by atoms with Crippen molar-refractivity contribution in [3.05, 3.63) is 65.4 Å². The fourth-order valence-electron chi connectivity index (χ4n) is 2.79. The number of hydrogen-bond acceptors (Lipinski definition) is 4. The van der Waals surface area contributed by atoms with Crippen LogP contribution >= 0.6 is 11.3 Å². The smallest absolute Gasteiger partial charge is 0.195 e. The zero-order valence-corrected chi connectivity index (χ0v) is 14.1. The molecule has 6 heteroatoms. The summed E-state index contributed by atoms with van der Waals surface area (Å²) in [5.74, 6) is 0.415. The quantitative estimate of drug-likeness (QED) is 0.501. The first-order valence-electron chi connectivity index (χ1n) is 7.57.